The SMILES string of the molecule is CC(C)CCNC(=O)[C@@H](CC(=O)OC(C)(C)C)Cc1ccccc1. The molecule has 0 aliphatic carbocycles. The molecule has 1 rings (SSSR count). The van der Waals surface area contributed by atoms with Gasteiger partial charge in [-0.2, -0.15) is 0 Å². The van der Waals surface area contributed by atoms with Gasteiger partial charge in [-0.3, -0.25) is 9.59 Å². The number of amides is 1. The number of ether oxygens (including phenoxy) is 1. The van der Waals surface area contributed by atoms with E-state index in [1.807, 2.05) is 51.1 Å². The number of carbonyl (C=O) groups excluding carboxylic acids is 2. The lowest BCUT2D eigenvalue weighted by atomic mass is 9.95. The topological polar surface area (TPSA) is 55.4 Å². The third-order valence-corrected chi connectivity index (χ3v) is 3.55. The summed E-state index contributed by atoms with van der Waals surface area (Å²) in [7, 11) is 0. The number of esters is 1. The summed E-state index contributed by atoms with van der Waals surface area (Å²) in [5.41, 5.74) is 0.507. The standard InChI is InChI=1S/C20H31NO3/c1-15(2)11-12-21-19(23)17(13-16-9-7-6-8-10-16)14-18(22)24-20(3,4)5/h6-10,15,17H,11-14H2,1-5H3,(H,21,23)/t17-/m1/s1. The number of rotatable bonds is 8. The summed E-state index contributed by atoms with van der Waals surface area (Å²) in [6, 6.07) is 9.77. The molecule has 4 nitrogen and oxygen atoms in total. The monoisotopic (exact) mass is 333 g/mol. The van der Waals surface area contributed by atoms with Crippen molar-refractivity contribution in [1.29, 1.82) is 0 Å². The van der Waals surface area contributed by atoms with Crippen molar-refractivity contribution in [1.82, 2.24) is 5.32 Å². The first-order chi connectivity index (χ1) is 11.2. The van der Waals surface area contributed by atoms with Crippen molar-refractivity contribution in [3.63, 3.8) is 0 Å². The van der Waals surface area contributed by atoms with Crippen LogP contribution in [0.15, 0.2) is 30.3 Å². The molecule has 0 saturated heterocycles. The number of hydrogen-bond donors (Lipinski definition) is 1. The van der Waals surface area contributed by atoms with Gasteiger partial charge < -0.3 is 10.1 Å². The van der Waals surface area contributed by atoms with Gasteiger partial charge in [-0.05, 0) is 45.1 Å². The number of hydrogen-bond acceptors (Lipinski definition) is 3. The predicted octanol–water partition coefficient (Wildman–Crippen LogP) is 3.74. The summed E-state index contributed by atoms with van der Waals surface area (Å²) < 4.78 is 5.38. The average molecular weight is 333 g/mol. The summed E-state index contributed by atoms with van der Waals surface area (Å²) in [4.78, 5) is 24.7. The molecule has 1 atom stereocenters. The second kappa shape index (κ2) is 9.45. The largest absolute Gasteiger partial charge is 0.460 e. The van der Waals surface area contributed by atoms with Gasteiger partial charge in [0.25, 0.3) is 0 Å². The molecule has 4 heteroatoms. The maximum Gasteiger partial charge on any atom is 0.307 e. The van der Waals surface area contributed by atoms with Gasteiger partial charge in [0.05, 0.1) is 12.3 Å². The van der Waals surface area contributed by atoms with Crippen molar-refractivity contribution >= 4 is 11.9 Å². The molecule has 1 amide bonds. The minimum Gasteiger partial charge on any atom is -0.460 e. The van der Waals surface area contributed by atoms with E-state index >= 15 is 0 Å². The van der Waals surface area contributed by atoms with E-state index in [1.54, 1.807) is 0 Å². The van der Waals surface area contributed by atoms with E-state index in [4.69, 9.17) is 4.74 Å². The minimum atomic E-state index is -0.539. The highest BCUT2D eigenvalue weighted by atomic mass is 16.6. The van der Waals surface area contributed by atoms with Crippen molar-refractivity contribution in [3.05, 3.63) is 35.9 Å². The predicted molar refractivity (Wildman–Crippen MR) is 96.6 cm³/mol. The van der Waals surface area contributed by atoms with E-state index < -0.39 is 11.5 Å². The smallest absolute Gasteiger partial charge is 0.307 e. The Morgan fingerprint density at radius 3 is 2.29 bits per heavy atom. The molecule has 0 aromatic heterocycles. The van der Waals surface area contributed by atoms with E-state index in [0.29, 0.717) is 18.9 Å². The van der Waals surface area contributed by atoms with E-state index in [2.05, 4.69) is 19.2 Å². The first-order valence-electron chi connectivity index (χ1n) is 8.71. The number of nitrogens with one attached hydrogen (secondary N) is 1. The van der Waals surface area contributed by atoms with Crippen molar-refractivity contribution in [2.45, 2.75) is 59.5 Å². The molecule has 1 aromatic rings. The Labute approximate surface area is 146 Å². The molecule has 134 valence electrons. The molecule has 0 bridgehead atoms. The number of benzene rings is 1. The van der Waals surface area contributed by atoms with Gasteiger partial charge in [0.15, 0.2) is 0 Å². The molecule has 1 aromatic carbocycles. The van der Waals surface area contributed by atoms with Crippen LogP contribution in [0.3, 0.4) is 0 Å². The highest BCUT2D eigenvalue weighted by Crippen LogP contribution is 2.17. The summed E-state index contributed by atoms with van der Waals surface area (Å²) in [6.07, 6.45) is 1.56. The average Bonchev–Trinajstić information content (AvgIpc) is 2.45. The fraction of sp³-hybridized carbons (Fsp3) is 0.600. The van der Waals surface area contributed by atoms with E-state index in [-0.39, 0.29) is 18.3 Å². The highest BCUT2D eigenvalue weighted by molar-refractivity contribution is 5.84. The van der Waals surface area contributed by atoms with Gasteiger partial charge >= 0.3 is 5.97 Å². The fourth-order valence-electron chi connectivity index (χ4n) is 2.37. The van der Waals surface area contributed by atoms with Crippen LogP contribution in [0.5, 0.6) is 0 Å². The van der Waals surface area contributed by atoms with Crippen LogP contribution in [0, 0.1) is 11.8 Å². The maximum absolute atomic E-state index is 12.5. The third-order valence-electron chi connectivity index (χ3n) is 3.55. The maximum atomic E-state index is 12.5. The Bertz CT molecular complexity index is 517. The summed E-state index contributed by atoms with van der Waals surface area (Å²) in [5, 5.41) is 2.96. The zero-order valence-electron chi connectivity index (χ0n) is 15.6. The second-order valence-electron chi connectivity index (χ2n) is 7.65. The van der Waals surface area contributed by atoms with Crippen LogP contribution in [-0.2, 0) is 20.7 Å². The van der Waals surface area contributed by atoms with Crippen molar-refractivity contribution in [2.24, 2.45) is 11.8 Å². The first-order valence-corrected chi connectivity index (χ1v) is 8.71. The molecule has 24 heavy (non-hydrogen) atoms. The van der Waals surface area contributed by atoms with E-state index in [9.17, 15) is 9.59 Å². The van der Waals surface area contributed by atoms with Gasteiger partial charge in [-0.25, -0.2) is 0 Å². The lowest BCUT2D eigenvalue weighted by molar-refractivity contribution is -0.157. The van der Waals surface area contributed by atoms with Gasteiger partial charge in [-0.1, -0.05) is 44.2 Å². The lowest BCUT2D eigenvalue weighted by Crippen LogP contribution is -2.35. The van der Waals surface area contributed by atoms with Crippen molar-refractivity contribution in [2.75, 3.05) is 6.54 Å². The summed E-state index contributed by atoms with van der Waals surface area (Å²) in [5.74, 6) is -0.286. The first kappa shape index (κ1) is 20.2. The molecule has 0 heterocycles. The third kappa shape index (κ3) is 8.70. The van der Waals surface area contributed by atoms with E-state index in [0.717, 1.165) is 12.0 Å². The zero-order chi connectivity index (χ0) is 18.2. The molecule has 1 N–H and O–H groups in total. The summed E-state index contributed by atoms with van der Waals surface area (Å²) >= 11 is 0. The minimum absolute atomic E-state index is 0.0784. The molecular formula is C20H31NO3. The van der Waals surface area contributed by atoms with Crippen LogP contribution in [0.25, 0.3) is 0 Å². The summed E-state index contributed by atoms with van der Waals surface area (Å²) in [6.45, 7) is 10.4. The van der Waals surface area contributed by atoms with Crippen molar-refractivity contribution < 1.29 is 14.3 Å². The van der Waals surface area contributed by atoms with Crippen LogP contribution in [0.4, 0.5) is 0 Å². The number of carbonyl (C=O) groups is 2. The van der Waals surface area contributed by atoms with E-state index in [1.165, 1.54) is 0 Å². The van der Waals surface area contributed by atoms with Crippen LogP contribution >= 0.6 is 0 Å². The lowest BCUT2D eigenvalue weighted by Gasteiger charge is -2.22. The molecule has 0 aliphatic heterocycles. The fourth-order valence-corrected chi connectivity index (χ4v) is 2.37. The van der Waals surface area contributed by atoms with Crippen molar-refractivity contribution in [3.8, 4) is 0 Å². The van der Waals surface area contributed by atoms with Crippen LogP contribution in [0.2, 0.25) is 0 Å². The van der Waals surface area contributed by atoms with Crippen LogP contribution in [-0.4, -0.2) is 24.0 Å². The Morgan fingerprint density at radius 1 is 1.12 bits per heavy atom. The Hall–Kier alpha value is -1.84. The molecule has 0 fully saturated rings. The molecule has 0 unspecified atom stereocenters. The van der Waals surface area contributed by atoms with Crippen LogP contribution in [0.1, 0.15) is 53.0 Å². The Balaban J connectivity index is 2.71. The Kier molecular flexibility index (Phi) is 7.96. The van der Waals surface area contributed by atoms with Gasteiger partial charge in [0.2, 0.25) is 5.91 Å². The zero-order valence-corrected chi connectivity index (χ0v) is 15.6. The quantitative estimate of drug-likeness (QED) is 0.737. The normalized spacial score (nSPS) is 12.8. The molecule has 0 radical (unpaired) electrons. The van der Waals surface area contributed by atoms with Gasteiger partial charge in [0.1, 0.15) is 5.60 Å². The molecular weight excluding hydrogens is 302 g/mol. The highest BCUT2D eigenvalue weighted by Gasteiger charge is 2.25. The second-order valence-corrected chi connectivity index (χ2v) is 7.65. The Morgan fingerprint density at radius 2 is 1.75 bits per heavy atom. The van der Waals surface area contributed by atoms with Crippen LogP contribution < -0.4 is 5.32 Å². The van der Waals surface area contributed by atoms with Gasteiger partial charge in [0, 0.05) is 6.54 Å². The molecule has 0 saturated carbocycles. The molecule has 0 aliphatic rings. The molecule has 0 spiro atoms. The van der Waals surface area contributed by atoms with Gasteiger partial charge in [-0.15, -0.1) is 0 Å².